The Morgan fingerprint density at radius 2 is 1.00 bits per heavy atom. The topological polar surface area (TPSA) is 332 Å². The van der Waals surface area contributed by atoms with E-state index in [4.69, 9.17) is 52.1 Å². The average molecular weight is 1570 g/mol. The molecular formula is C83H93N7O20S2. The lowest BCUT2D eigenvalue weighted by molar-refractivity contribution is -0.186. The van der Waals surface area contributed by atoms with E-state index in [9.17, 15) is 45.2 Å². The van der Waals surface area contributed by atoms with Crippen LogP contribution in [0.1, 0.15) is 170 Å². The molecule has 2 spiro atoms. The number of fused-ring (bicyclic) bond motifs is 18. The van der Waals surface area contributed by atoms with Crippen LogP contribution < -0.4 is 53.3 Å². The number of benzene rings is 6. The van der Waals surface area contributed by atoms with Crippen molar-refractivity contribution in [3.05, 3.63) is 131 Å². The standard InChI is InChI=1S/C42H46N4O10S.C41H47N3O10S/c1-8-23-10-21-12-28(48)29(51-6)13-24(21)42(44-23)16-57-40-32-31(39-38(54-17-55-39)19(3)37(32)56-20(4)47)27(15-53-41(42)50)46-26(14-43)25-11-22-9-18(2)36(52-7)35(49)30(22)33(34(40)46)45(25)5;1-8-23-11-21-13-27(46)17(2)10-24(21)41(42-23)15-55-38-30-29(37-36(52-16-53-37)19(4)35(30)54-20(5)45)26(14-51-40(41)49)44-32(38)31-28-22(12-25(39(44)48)43(31)6)9-18(3)34(50-7)33(28)47/h9,12-13,23,25-27,33-34,40,44,48-49H,8,10-11,15-17H2,1-7H3;9-10,13,23,25-26,31-32,38-39,42,46-48H,8,11-12,14-16H2,1-7H3/t23?,25-,26-,27-,33+,34?,40+,42+;23?,25-,26-,31+,32?,38+,39-,41+/m00/s1. The van der Waals surface area contributed by atoms with Crippen molar-refractivity contribution >= 4 is 47.4 Å². The molecule has 14 heterocycles. The third-order valence-electron chi connectivity index (χ3n) is 25.9. The van der Waals surface area contributed by atoms with Crippen LogP contribution in [0.4, 0.5) is 0 Å². The summed E-state index contributed by atoms with van der Waals surface area (Å²) < 4.78 is 67.0. The number of nitrogens with zero attached hydrogens (tertiary/aromatic N) is 5. The van der Waals surface area contributed by atoms with Gasteiger partial charge in [0.15, 0.2) is 68.6 Å². The van der Waals surface area contributed by atoms with Crippen molar-refractivity contribution in [3.63, 3.8) is 0 Å². The van der Waals surface area contributed by atoms with E-state index in [-0.39, 0.29) is 91.2 Å². The van der Waals surface area contributed by atoms with E-state index in [0.29, 0.717) is 134 Å². The summed E-state index contributed by atoms with van der Waals surface area (Å²) in [5.41, 5.74) is 9.77. The molecule has 4 unspecified atom stereocenters. The highest BCUT2D eigenvalue weighted by atomic mass is 32.2. The number of ether oxygens (including phenoxy) is 11. The smallest absolute Gasteiger partial charge is 0.331 e. The van der Waals surface area contributed by atoms with Crippen molar-refractivity contribution in [1.29, 1.82) is 5.26 Å². The number of rotatable bonds is 7. The highest BCUT2D eigenvalue weighted by molar-refractivity contribution is 7.99. The molecule has 0 saturated carbocycles. The number of hydrogen-bond acceptors (Lipinski definition) is 29. The zero-order valence-corrected chi connectivity index (χ0v) is 66.6. The Kier molecular flexibility index (Phi) is 18.8. The lowest BCUT2D eigenvalue weighted by Crippen LogP contribution is -2.70. The van der Waals surface area contributed by atoms with Gasteiger partial charge in [-0.05, 0) is 162 Å². The number of aromatic hydroxyl groups is 4. The Morgan fingerprint density at radius 1 is 0.554 bits per heavy atom. The van der Waals surface area contributed by atoms with Gasteiger partial charge in [-0.2, -0.15) is 5.26 Å². The maximum absolute atomic E-state index is 15.0. The number of phenols is 4. The van der Waals surface area contributed by atoms with E-state index in [2.05, 4.69) is 38.3 Å². The quantitative estimate of drug-likeness (QED) is 0.0578. The van der Waals surface area contributed by atoms with Crippen LogP contribution in [0, 0.1) is 45.9 Å². The third kappa shape index (κ3) is 11.0. The molecule has 8 bridgehead atoms. The molecule has 29 heteroatoms. The van der Waals surface area contributed by atoms with Gasteiger partial charge < -0.3 is 77.6 Å². The normalized spacial score (nSPS) is 30.1. The van der Waals surface area contributed by atoms with E-state index in [1.807, 2.05) is 78.7 Å². The van der Waals surface area contributed by atoms with E-state index < -0.39 is 94.0 Å². The highest BCUT2D eigenvalue weighted by Crippen LogP contribution is 2.68. The van der Waals surface area contributed by atoms with Crippen LogP contribution in [0.2, 0.25) is 0 Å². The number of aliphatic hydroxyl groups excluding tert-OH is 1. The van der Waals surface area contributed by atoms with Gasteiger partial charge >= 0.3 is 23.9 Å². The zero-order valence-electron chi connectivity index (χ0n) is 64.9. The molecule has 0 radical (unpaired) electrons. The maximum atomic E-state index is 15.0. The molecule has 4 saturated heterocycles. The molecule has 6 aromatic carbocycles. The van der Waals surface area contributed by atoms with E-state index in [0.717, 1.165) is 45.4 Å². The zero-order chi connectivity index (χ0) is 79.1. The minimum absolute atomic E-state index is 0.0194. The number of nitriles is 1. The van der Waals surface area contributed by atoms with Crippen molar-refractivity contribution in [2.45, 2.75) is 195 Å². The van der Waals surface area contributed by atoms with Crippen LogP contribution in [0.5, 0.6) is 74.7 Å². The number of nitrogens with one attached hydrogen (secondary N) is 2. The summed E-state index contributed by atoms with van der Waals surface area (Å²) in [6, 6.07) is 8.62. The van der Waals surface area contributed by atoms with E-state index in [1.54, 1.807) is 25.3 Å². The van der Waals surface area contributed by atoms with Gasteiger partial charge in [-0.15, -0.1) is 23.5 Å². The van der Waals surface area contributed by atoms with Crippen molar-refractivity contribution in [2.75, 3.05) is 73.7 Å². The predicted octanol–water partition coefficient (Wildman–Crippen LogP) is 9.26. The Morgan fingerprint density at radius 3 is 1.46 bits per heavy atom. The number of hydrogen-bond donors (Lipinski definition) is 7. The number of carbonyl (C=O) groups excluding carboxylic acids is 4. The number of esters is 4. The SMILES string of the molecule is CCC1Cc2cc(O)c(C)cc2[C@@]2(CS[C@@H]3c4c(OC(C)=O)c(C)c5c(c4[C@H](COC2=O)N2C3[C@H]3c4c(cc(C)c(OC)c4O)C[C@@H]([C@@H]2O)N3C)OCO5)N1.CCC1Cc2cc(O)c(OC)cc2[C@@]2(CS[C@@H]3c4c(OC(C)=O)c(C)c5c(c4[C@H](COC2=O)N2C3[C@H]3c4c(cc(C)c(OC)c4O)C[C@@H]([C@@H]2C#N)N3C)OCO5)N1. The van der Waals surface area contributed by atoms with E-state index >= 15 is 4.79 Å². The number of methoxy groups -OCH3 is 3. The number of thioether (sulfide) groups is 2. The number of aryl methyl sites for hydroxylation is 3. The van der Waals surface area contributed by atoms with Gasteiger partial charge in [0.05, 0.1) is 68.1 Å². The van der Waals surface area contributed by atoms with Crippen LogP contribution in [0.25, 0.3) is 0 Å². The molecule has 14 aliphatic rings. The fourth-order valence-corrected chi connectivity index (χ4v) is 24.3. The van der Waals surface area contributed by atoms with Crippen LogP contribution in [-0.2, 0) is 65.4 Å². The Hall–Kier alpha value is -9.09. The van der Waals surface area contributed by atoms with Crippen molar-refractivity contribution in [3.8, 4) is 80.8 Å². The minimum Gasteiger partial charge on any atom is -0.508 e. The molecule has 0 aliphatic carbocycles. The first-order chi connectivity index (χ1) is 53.7. The van der Waals surface area contributed by atoms with Crippen LogP contribution in [0.15, 0.2) is 36.4 Å². The number of piperazine rings is 2. The largest absolute Gasteiger partial charge is 0.508 e. The number of likely N-dealkylation sites (N-methyl/N-ethyl adjacent to an activating group) is 2. The molecule has 27 nitrogen and oxygen atoms in total. The van der Waals surface area contributed by atoms with Gasteiger partial charge in [0.25, 0.3) is 0 Å². The van der Waals surface area contributed by atoms with Crippen LogP contribution in [-0.4, -0.2) is 191 Å². The molecule has 6 aromatic rings. The molecular weight excluding hydrogens is 1480 g/mol. The molecule has 4 fully saturated rings. The van der Waals surface area contributed by atoms with Gasteiger partial charge in [-0.1, -0.05) is 26.0 Å². The fraction of sp³-hybridized carbons (Fsp3) is 0.506. The second kappa shape index (κ2) is 27.9. The number of aliphatic hydroxyl groups is 1. The lowest BCUT2D eigenvalue weighted by Gasteiger charge is -2.62. The molecule has 0 amide bonds. The summed E-state index contributed by atoms with van der Waals surface area (Å²) in [4.78, 5) is 64.4. The predicted molar refractivity (Wildman–Crippen MR) is 409 cm³/mol. The number of phenolic OH excluding ortho intramolecular Hbond substituents is 4. The summed E-state index contributed by atoms with van der Waals surface area (Å²) in [5.74, 6) is 2.09. The van der Waals surface area contributed by atoms with Crippen molar-refractivity contribution in [2.24, 2.45) is 0 Å². The summed E-state index contributed by atoms with van der Waals surface area (Å²) in [6.45, 7) is 15.7. The first kappa shape index (κ1) is 75.6. The van der Waals surface area contributed by atoms with Crippen molar-refractivity contribution in [1.82, 2.24) is 30.2 Å². The first-order valence-corrected chi connectivity index (χ1v) is 40.3. The molecule has 592 valence electrons. The summed E-state index contributed by atoms with van der Waals surface area (Å²) in [7, 11) is 8.52. The van der Waals surface area contributed by atoms with Crippen LogP contribution in [0.3, 0.4) is 0 Å². The van der Waals surface area contributed by atoms with Crippen LogP contribution >= 0.6 is 23.5 Å². The molecule has 7 N–H and O–H groups in total. The molecule has 20 rings (SSSR count). The number of carbonyl (C=O) groups is 4. The first-order valence-electron chi connectivity index (χ1n) is 38.2. The van der Waals surface area contributed by atoms with Crippen molar-refractivity contribution < 1.29 is 96.8 Å². The summed E-state index contributed by atoms with van der Waals surface area (Å²) in [5, 5.41) is 75.9. The van der Waals surface area contributed by atoms with Gasteiger partial charge in [0.1, 0.15) is 42.7 Å². The molecule has 112 heavy (non-hydrogen) atoms. The second-order valence-corrected chi connectivity index (χ2v) is 33.9. The lowest BCUT2D eigenvalue weighted by atomic mass is 9.71. The molecule has 0 aromatic heterocycles. The fourth-order valence-electron chi connectivity index (χ4n) is 21.0. The summed E-state index contributed by atoms with van der Waals surface area (Å²) in [6.07, 6.45) is 2.55. The molecule has 16 atom stereocenters. The monoisotopic (exact) mass is 1570 g/mol. The van der Waals surface area contributed by atoms with E-state index in [1.165, 1.54) is 51.6 Å². The highest BCUT2D eigenvalue weighted by Gasteiger charge is 2.65. The third-order valence-corrected chi connectivity index (χ3v) is 28.8. The minimum atomic E-state index is -1.39. The van der Waals surface area contributed by atoms with Gasteiger partial charge in [0.2, 0.25) is 13.6 Å². The Bertz CT molecular complexity index is 5050. The molecule has 14 aliphatic heterocycles. The maximum Gasteiger partial charge on any atom is 0.331 e. The Labute approximate surface area is 656 Å². The second-order valence-electron chi connectivity index (χ2n) is 31.7. The summed E-state index contributed by atoms with van der Waals surface area (Å²) >= 11 is 3.01. The van der Waals surface area contributed by atoms with Gasteiger partial charge in [0, 0.05) is 100 Å². The Balaban J connectivity index is 0.000000163. The average Bonchev–Trinajstić information content (AvgIpc) is 0.947. The van der Waals surface area contributed by atoms with Gasteiger partial charge in [-0.3, -0.25) is 39.8 Å². The van der Waals surface area contributed by atoms with Gasteiger partial charge in [-0.25, -0.2) is 9.59 Å².